The quantitative estimate of drug-likeness (QED) is 0.796. The molecule has 0 radical (unpaired) electrons. The zero-order valence-corrected chi connectivity index (χ0v) is 15.3. The summed E-state index contributed by atoms with van der Waals surface area (Å²) in [5.41, 5.74) is 3.40. The Labute approximate surface area is 133 Å². The van der Waals surface area contributed by atoms with Crippen LogP contribution in [-0.2, 0) is 4.43 Å². The number of carbonyl (C=O) groups excluding carboxylic acids is 1. The summed E-state index contributed by atoms with van der Waals surface area (Å²) >= 11 is 0. The highest BCUT2D eigenvalue weighted by Crippen LogP contribution is 2.38. The molecule has 0 spiro atoms. The van der Waals surface area contributed by atoms with Crippen molar-refractivity contribution in [3.05, 3.63) is 47.7 Å². The number of aryl methyl sites for hydroxylation is 1. The van der Waals surface area contributed by atoms with Gasteiger partial charge in [0.05, 0.1) is 11.3 Å². The van der Waals surface area contributed by atoms with E-state index in [0.717, 1.165) is 16.8 Å². The van der Waals surface area contributed by atoms with Gasteiger partial charge in [0.2, 0.25) is 0 Å². The number of carbonyl (C=O) groups is 1. The van der Waals surface area contributed by atoms with Gasteiger partial charge in [0.1, 0.15) is 0 Å². The summed E-state index contributed by atoms with van der Waals surface area (Å²) in [6.07, 6.45) is 1.87. The van der Waals surface area contributed by atoms with E-state index in [1.54, 1.807) is 0 Å². The average molecular weight is 315 g/mol. The molecular weight excluding hydrogens is 290 g/mol. The van der Waals surface area contributed by atoms with Crippen molar-refractivity contribution in [2.75, 3.05) is 0 Å². The third-order valence-electron chi connectivity index (χ3n) is 4.50. The Hall–Kier alpha value is -1.81. The molecule has 0 aliphatic heterocycles. The summed E-state index contributed by atoms with van der Waals surface area (Å²) in [6, 6.07) is 9.89. The maximum absolute atomic E-state index is 12.8. The topological polar surface area (TPSA) is 42.1 Å². The Bertz CT molecular complexity index is 666. The Kier molecular flexibility index (Phi) is 4.34. The van der Waals surface area contributed by atoms with Crippen molar-refractivity contribution in [1.29, 1.82) is 0 Å². The molecule has 0 amide bonds. The molecule has 0 atom stereocenters. The summed E-state index contributed by atoms with van der Waals surface area (Å²) in [5.74, 6) is -0.218. The van der Waals surface area contributed by atoms with Crippen LogP contribution in [0.3, 0.4) is 0 Å². The van der Waals surface area contributed by atoms with E-state index < -0.39 is 8.32 Å². The number of hydrogen-bond acceptors (Lipinski definition) is 2. The monoisotopic (exact) mass is 315 g/mol. The van der Waals surface area contributed by atoms with Crippen molar-refractivity contribution in [3.63, 3.8) is 0 Å². The van der Waals surface area contributed by atoms with Crippen LogP contribution in [0.5, 0.6) is 0 Å². The van der Waals surface area contributed by atoms with Crippen molar-refractivity contribution in [1.82, 2.24) is 4.98 Å². The largest absolute Gasteiger partial charge is 0.516 e. The van der Waals surface area contributed by atoms with Gasteiger partial charge in [-0.15, -0.1) is 0 Å². The third kappa shape index (κ3) is 3.17. The fourth-order valence-electron chi connectivity index (χ4n) is 2.05. The Morgan fingerprint density at radius 2 is 1.73 bits per heavy atom. The maximum atomic E-state index is 12.8. The lowest BCUT2D eigenvalue weighted by molar-refractivity contribution is 0.0713. The molecule has 0 saturated heterocycles. The first kappa shape index (κ1) is 16.6. The molecule has 0 aliphatic rings. The number of aromatic amines is 1. The van der Waals surface area contributed by atoms with Crippen LogP contribution in [0, 0.1) is 6.92 Å². The minimum atomic E-state index is -2.13. The summed E-state index contributed by atoms with van der Waals surface area (Å²) in [7, 11) is -2.13. The average Bonchev–Trinajstić information content (AvgIpc) is 2.80. The summed E-state index contributed by atoms with van der Waals surface area (Å²) < 4.78 is 5.97. The molecule has 0 saturated carbocycles. The van der Waals surface area contributed by atoms with Crippen LogP contribution in [0.4, 0.5) is 0 Å². The first-order valence-electron chi connectivity index (χ1n) is 7.60. The normalized spacial score (nSPS) is 12.3. The van der Waals surface area contributed by atoms with Crippen LogP contribution in [0.1, 0.15) is 36.7 Å². The molecule has 0 bridgehead atoms. The fourth-order valence-corrected chi connectivity index (χ4v) is 2.93. The number of H-pyrrole nitrogens is 1. The minimum Gasteiger partial charge on any atom is -0.516 e. The predicted octanol–water partition coefficient (Wildman–Crippen LogP) is 5.15. The Morgan fingerprint density at radius 3 is 2.27 bits per heavy atom. The molecule has 4 heteroatoms. The van der Waals surface area contributed by atoms with Crippen molar-refractivity contribution >= 4 is 14.3 Å². The van der Waals surface area contributed by atoms with Crippen LogP contribution < -0.4 is 0 Å². The van der Waals surface area contributed by atoms with Crippen LogP contribution in [0.25, 0.3) is 11.3 Å². The molecule has 1 heterocycles. The van der Waals surface area contributed by atoms with Gasteiger partial charge in [-0.1, -0.05) is 51.1 Å². The van der Waals surface area contributed by atoms with E-state index in [1.807, 2.05) is 43.5 Å². The van der Waals surface area contributed by atoms with Gasteiger partial charge >= 0.3 is 5.97 Å². The smallest absolute Gasteiger partial charge is 0.327 e. The highest BCUT2D eigenvalue weighted by atomic mass is 28.4. The summed E-state index contributed by atoms with van der Waals surface area (Å²) in [6.45, 7) is 12.5. The lowest BCUT2D eigenvalue weighted by Gasteiger charge is -2.35. The van der Waals surface area contributed by atoms with Gasteiger partial charge in [-0.05, 0) is 36.2 Å². The van der Waals surface area contributed by atoms with E-state index in [4.69, 9.17) is 4.43 Å². The van der Waals surface area contributed by atoms with E-state index in [-0.39, 0.29) is 11.0 Å². The summed E-state index contributed by atoms with van der Waals surface area (Å²) in [4.78, 5) is 16.0. The molecule has 0 aliphatic carbocycles. The van der Waals surface area contributed by atoms with Crippen LogP contribution in [0.2, 0.25) is 18.1 Å². The molecule has 2 rings (SSSR count). The van der Waals surface area contributed by atoms with Crippen molar-refractivity contribution in [3.8, 4) is 11.3 Å². The van der Waals surface area contributed by atoms with Crippen LogP contribution in [0.15, 0.2) is 36.5 Å². The SMILES string of the molecule is Cc1c[nH]c(-c2ccccc2)c1C(=O)O[Si](C)(C)C(C)(C)C. The summed E-state index contributed by atoms with van der Waals surface area (Å²) in [5, 5.41) is -0.000216. The molecule has 118 valence electrons. The van der Waals surface area contributed by atoms with E-state index in [1.165, 1.54) is 0 Å². The first-order valence-corrected chi connectivity index (χ1v) is 10.5. The fraction of sp³-hybridized carbons (Fsp3) is 0.389. The Balaban J connectivity index is 2.38. The lowest BCUT2D eigenvalue weighted by atomic mass is 10.1. The third-order valence-corrected chi connectivity index (χ3v) is 8.81. The number of aromatic nitrogens is 1. The Morgan fingerprint density at radius 1 is 1.14 bits per heavy atom. The molecule has 3 nitrogen and oxygen atoms in total. The van der Waals surface area contributed by atoms with Crippen molar-refractivity contribution in [2.24, 2.45) is 0 Å². The van der Waals surface area contributed by atoms with Crippen LogP contribution in [-0.4, -0.2) is 19.3 Å². The lowest BCUT2D eigenvalue weighted by Crippen LogP contribution is -2.42. The second-order valence-electron chi connectivity index (χ2n) is 7.24. The molecular formula is C18H25NO2Si. The van der Waals surface area contributed by atoms with E-state index in [9.17, 15) is 4.79 Å². The molecule has 0 unspecified atom stereocenters. The zero-order chi connectivity index (χ0) is 16.5. The second-order valence-corrected chi connectivity index (χ2v) is 12.0. The van der Waals surface area contributed by atoms with Gasteiger partial charge in [-0.2, -0.15) is 0 Å². The predicted molar refractivity (Wildman–Crippen MR) is 93.6 cm³/mol. The van der Waals surface area contributed by atoms with Gasteiger partial charge in [-0.25, -0.2) is 4.79 Å². The highest BCUT2D eigenvalue weighted by molar-refractivity contribution is 6.75. The molecule has 1 N–H and O–H groups in total. The van der Waals surface area contributed by atoms with Gasteiger partial charge < -0.3 is 9.41 Å². The second kappa shape index (κ2) is 5.76. The number of nitrogens with one attached hydrogen (secondary N) is 1. The van der Waals surface area contributed by atoms with Gasteiger partial charge in [0.15, 0.2) is 0 Å². The molecule has 1 aromatic heterocycles. The minimum absolute atomic E-state index is 0.000216. The van der Waals surface area contributed by atoms with Crippen LogP contribution >= 0.6 is 0 Å². The first-order chi connectivity index (χ1) is 10.1. The molecule has 0 fully saturated rings. The molecule has 22 heavy (non-hydrogen) atoms. The highest BCUT2D eigenvalue weighted by Gasteiger charge is 2.41. The number of benzene rings is 1. The van der Waals surface area contributed by atoms with Gasteiger partial charge in [0, 0.05) is 6.20 Å². The number of rotatable bonds is 3. The van der Waals surface area contributed by atoms with Gasteiger partial charge in [-0.3, -0.25) is 0 Å². The van der Waals surface area contributed by atoms with E-state index >= 15 is 0 Å². The van der Waals surface area contributed by atoms with E-state index in [2.05, 4.69) is 38.8 Å². The number of hydrogen-bond donors (Lipinski definition) is 1. The van der Waals surface area contributed by atoms with Crippen molar-refractivity contribution in [2.45, 2.75) is 45.8 Å². The van der Waals surface area contributed by atoms with Gasteiger partial charge in [0.25, 0.3) is 8.32 Å². The molecule has 2 aromatic rings. The zero-order valence-electron chi connectivity index (χ0n) is 14.3. The van der Waals surface area contributed by atoms with Crippen molar-refractivity contribution < 1.29 is 9.22 Å². The standard InChI is InChI=1S/C18H25NO2Si/c1-13-12-19-16(14-10-8-7-9-11-14)15(13)17(20)21-22(5,6)18(2,3)4/h7-12,19H,1-6H3. The maximum Gasteiger partial charge on any atom is 0.327 e. The molecule has 1 aromatic carbocycles. The van der Waals surface area contributed by atoms with E-state index in [0.29, 0.717) is 5.56 Å².